The lowest BCUT2D eigenvalue weighted by atomic mass is 10.1. The van der Waals surface area contributed by atoms with Gasteiger partial charge in [-0.1, -0.05) is 0 Å². The van der Waals surface area contributed by atoms with Gasteiger partial charge in [0, 0.05) is 39.1 Å². The maximum atomic E-state index is 12.2. The van der Waals surface area contributed by atoms with Gasteiger partial charge in [-0.15, -0.1) is 11.3 Å². The van der Waals surface area contributed by atoms with Gasteiger partial charge >= 0.3 is 6.03 Å². The Kier molecular flexibility index (Phi) is 5.41. The fourth-order valence-corrected chi connectivity index (χ4v) is 3.30. The van der Waals surface area contributed by atoms with Crippen LogP contribution < -0.4 is 10.2 Å². The smallest absolute Gasteiger partial charge is 0.317 e. The predicted molar refractivity (Wildman–Crippen MR) is 86.9 cm³/mol. The monoisotopic (exact) mass is 311 g/mol. The zero-order valence-corrected chi connectivity index (χ0v) is 14.1. The molecular formula is C14H25N5OS. The van der Waals surface area contributed by atoms with Gasteiger partial charge in [-0.2, -0.15) is 0 Å². The van der Waals surface area contributed by atoms with Crippen molar-refractivity contribution in [2.45, 2.75) is 13.0 Å². The Hall–Kier alpha value is -1.34. The number of hydrogen-bond donors (Lipinski definition) is 1. The quantitative estimate of drug-likeness (QED) is 0.890. The fourth-order valence-electron chi connectivity index (χ4n) is 2.54. The molecule has 2 heterocycles. The Labute approximate surface area is 130 Å². The van der Waals surface area contributed by atoms with Crippen LogP contribution in [-0.4, -0.2) is 68.6 Å². The number of carbonyl (C=O) groups excluding carboxylic acids is 1. The number of nitrogens with one attached hydrogen (secondary N) is 1. The molecule has 0 aliphatic carbocycles. The number of anilines is 1. The third-order valence-corrected chi connectivity index (χ3v) is 4.60. The Morgan fingerprint density at radius 1 is 1.48 bits per heavy atom. The summed E-state index contributed by atoms with van der Waals surface area (Å²) in [6.07, 6.45) is 1.09. The van der Waals surface area contributed by atoms with Crippen molar-refractivity contribution in [1.29, 1.82) is 0 Å². The minimum absolute atomic E-state index is 0.0238. The summed E-state index contributed by atoms with van der Waals surface area (Å²) in [7, 11) is 8.09. The normalized spacial score (nSPS) is 18.3. The van der Waals surface area contributed by atoms with E-state index in [1.807, 2.05) is 29.3 Å². The van der Waals surface area contributed by atoms with Gasteiger partial charge in [-0.05, 0) is 26.4 Å². The summed E-state index contributed by atoms with van der Waals surface area (Å²) in [5.41, 5.74) is 0.918. The molecule has 0 saturated carbocycles. The average Bonchev–Trinajstić information content (AvgIpc) is 3.04. The Balaban J connectivity index is 1.77. The molecule has 0 radical (unpaired) electrons. The van der Waals surface area contributed by atoms with Crippen LogP contribution >= 0.6 is 11.3 Å². The van der Waals surface area contributed by atoms with Gasteiger partial charge in [-0.25, -0.2) is 9.78 Å². The van der Waals surface area contributed by atoms with Crippen LogP contribution in [0, 0.1) is 5.92 Å². The highest BCUT2D eigenvalue weighted by Crippen LogP contribution is 2.19. The summed E-state index contributed by atoms with van der Waals surface area (Å²) in [6.45, 7) is 3.24. The molecule has 1 aromatic heterocycles. The highest BCUT2D eigenvalue weighted by Gasteiger charge is 2.26. The van der Waals surface area contributed by atoms with Crippen LogP contribution in [0.3, 0.4) is 0 Å². The standard InChI is InChI=1S/C14H25N5OS/c1-17(2)8-11-5-6-19(9-11)13(20)15-7-12-10-21-14(16-12)18(3)4/h10-11H,5-9H2,1-4H3,(H,15,20)/t11-/m0/s1. The molecule has 6 nitrogen and oxygen atoms in total. The van der Waals surface area contributed by atoms with Crippen molar-refractivity contribution in [3.05, 3.63) is 11.1 Å². The molecule has 0 aromatic carbocycles. The number of hydrogen-bond acceptors (Lipinski definition) is 5. The summed E-state index contributed by atoms with van der Waals surface area (Å²) in [5.74, 6) is 0.588. The van der Waals surface area contributed by atoms with Crippen LogP contribution in [0.25, 0.3) is 0 Å². The van der Waals surface area contributed by atoms with Gasteiger partial charge in [0.15, 0.2) is 5.13 Å². The molecule has 7 heteroatoms. The van der Waals surface area contributed by atoms with Gasteiger partial charge in [0.25, 0.3) is 0 Å². The molecule has 0 unspecified atom stereocenters. The lowest BCUT2D eigenvalue weighted by Gasteiger charge is -2.18. The lowest BCUT2D eigenvalue weighted by molar-refractivity contribution is 0.205. The summed E-state index contributed by atoms with van der Waals surface area (Å²) in [4.78, 5) is 22.7. The maximum absolute atomic E-state index is 12.2. The fraction of sp³-hybridized carbons (Fsp3) is 0.714. The molecule has 2 rings (SSSR count). The van der Waals surface area contributed by atoms with E-state index in [4.69, 9.17) is 0 Å². The first-order valence-corrected chi connectivity index (χ1v) is 8.13. The lowest BCUT2D eigenvalue weighted by Crippen LogP contribution is -2.38. The number of aromatic nitrogens is 1. The minimum atomic E-state index is 0.0238. The molecule has 1 aliphatic rings. The van der Waals surface area contributed by atoms with Crippen LogP contribution in [0.4, 0.5) is 9.93 Å². The second-order valence-electron chi connectivity index (χ2n) is 6.04. The maximum Gasteiger partial charge on any atom is 0.317 e. The van der Waals surface area contributed by atoms with Crippen LogP contribution in [0.5, 0.6) is 0 Å². The summed E-state index contributed by atoms with van der Waals surface area (Å²) < 4.78 is 0. The summed E-state index contributed by atoms with van der Waals surface area (Å²) >= 11 is 1.59. The highest BCUT2D eigenvalue weighted by atomic mass is 32.1. The zero-order valence-electron chi connectivity index (χ0n) is 13.3. The Morgan fingerprint density at radius 2 is 2.24 bits per heavy atom. The van der Waals surface area contributed by atoms with E-state index < -0.39 is 0 Å². The van der Waals surface area contributed by atoms with Crippen LogP contribution in [-0.2, 0) is 6.54 Å². The van der Waals surface area contributed by atoms with Gasteiger partial charge in [0.2, 0.25) is 0 Å². The molecular weight excluding hydrogens is 286 g/mol. The first-order chi connectivity index (χ1) is 9.95. The van der Waals surface area contributed by atoms with Crippen LogP contribution in [0.15, 0.2) is 5.38 Å². The first-order valence-electron chi connectivity index (χ1n) is 7.25. The van der Waals surface area contributed by atoms with Crippen molar-refractivity contribution < 1.29 is 4.79 Å². The van der Waals surface area contributed by atoms with Crippen LogP contribution in [0.1, 0.15) is 12.1 Å². The van der Waals surface area contributed by atoms with E-state index in [0.717, 1.165) is 36.9 Å². The average molecular weight is 311 g/mol. The van der Waals surface area contributed by atoms with E-state index in [1.54, 1.807) is 11.3 Å². The van der Waals surface area contributed by atoms with Crippen molar-refractivity contribution >= 4 is 22.5 Å². The molecule has 0 spiro atoms. The van der Waals surface area contributed by atoms with Crippen molar-refractivity contribution in [1.82, 2.24) is 20.1 Å². The SMILES string of the molecule is CN(C)C[C@@H]1CCN(C(=O)NCc2csc(N(C)C)n2)C1. The third kappa shape index (κ3) is 4.57. The van der Waals surface area contributed by atoms with E-state index in [2.05, 4.69) is 29.3 Å². The minimum Gasteiger partial charge on any atom is -0.354 e. The Bertz CT molecular complexity index is 474. The van der Waals surface area contributed by atoms with E-state index in [0.29, 0.717) is 12.5 Å². The number of carbonyl (C=O) groups is 1. The molecule has 1 saturated heterocycles. The van der Waals surface area contributed by atoms with Crippen molar-refractivity contribution in [2.24, 2.45) is 5.92 Å². The van der Waals surface area contributed by atoms with E-state index in [-0.39, 0.29) is 6.03 Å². The molecule has 1 aliphatic heterocycles. The van der Waals surface area contributed by atoms with Gasteiger partial charge in [0.1, 0.15) is 0 Å². The topological polar surface area (TPSA) is 51.7 Å². The number of amides is 2. The third-order valence-electron chi connectivity index (χ3n) is 3.54. The van der Waals surface area contributed by atoms with Crippen molar-refractivity contribution in [3.8, 4) is 0 Å². The molecule has 1 aromatic rings. The summed E-state index contributed by atoms with van der Waals surface area (Å²) in [5, 5.41) is 5.92. The number of thiazole rings is 1. The number of nitrogens with zero attached hydrogens (tertiary/aromatic N) is 4. The van der Waals surface area contributed by atoms with Crippen LogP contribution in [0.2, 0.25) is 0 Å². The molecule has 21 heavy (non-hydrogen) atoms. The highest BCUT2D eigenvalue weighted by molar-refractivity contribution is 7.13. The first kappa shape index (κ1) is 16.0. The van der Waals surface area contributed by atoms with Gasteiger partial charge in [0.05, 0.1) is 12.2 Å². The molecule has 1 fully saturated rings. The second-order valence-corrected chi connectivity index (χ2v) is 6.87. The van der Waals surface area contributed by atoms with E-state index in [9.17, 15) is 4.79 Å². The van der Waals surface area contributed by atoms with Crippen molar-refractivity contribution in [3.63, 3.8) is 0 Å². The van der Waals surface area contributed by atoms with Gasteiger partial charge < -0.3 is 20.0 Å². The largest absolute Gasteiger partial charge is 0.354 e. The molecule has 1 N–H and O–H groups in total. The Morgan fingerprint density at radius 3 is 2.86 bits per heavy atom. The molecule has 2 amide bonds. The summed E-state index contributed by atoms with van der Waals surface area (Å²) in [6, 6.07) is 0.0238. The zero-order chi connectivity index (χ0) is 15.4. The van der Waals surface area contributed by atoms with Crippen molar-refractivity contribution in [2.75, 3.05) is 52.7 Å². The second kappa shape index (κ2) is 7.09. The number of urea groups is 1. The predicted octanol–water partition coefficient (Wildman–Crippen LogP) is 1.30. The molecule has 118 valence electrons. The molecule has 0 bridgehead atoms. The van der Waals surface area contributed by atoms with E-state index >= 15 is 0 Å². The number of likely N-dealkylation sites (tertiary alicyclic amines) is 1. The van der Waals surface area contributed by atoms with Gasteiger partial charge in [-0.3, -0.25) is 0 Å². The molecule has 1 atom stereocenters. The van der Waals surface area contributed by atoms with E-state index in [1.165, 1.54) is 0 Å². The number of rotatable bonds is 5.